The number of furan rings is 1. The van der Waals surface area contributed by atoms with E-state index in [0.29, 0.717) is 17.1 Å². The Kier molecular flexibility index (Phi) is 6.46. The Morgan fingerprint density at radius 2 is 1.97 bits per heavy atom. The molecular weight excluding hydrogens is 410 g/mol. The summed E-state index contributed by atoms with van der Waals surface area (Å²) in [5, 5.41) is 0.265. The zero-order valence-corrected chi connectivity index (χ0v) is 17.6. The fourth-order valence-electron chi connectivity index (χ4n) is 2.93. The number of nitrogens with two attached hydrogens (primary N) is 1. The molecule has 30 heavy (non-hydrogen) atoms. The van der Waals surface area contributed by atoms with Crippen molar-refractivity contribution in [1.82, 2.24) is 9.97 Å². The van der Waals surface area contributed by atoms with Crippen molar-refractivity contribution >= 4 is 39.7 Å². The number of anilines is 1. The second kappa shape index (κ2) is 9.04. The third kappa shape index (κ3) is 4.65. The first-order valence-corrected chi connectivity index (χ1v) is 10.8. The quantitative estimate of drug-likeness (QED) is 0.560. The van der Waals surface area contributed by atoms with Crippen LogP contribution in [0.1, 0.15) is 44.8 Å². The molecule has 10 heteroatoms. The number of hydrogen-bond acceptors (Lipinski definition) is 9. The van der Waals surface area contributed by atoms with Gasteiger partial charge in [0.2, 0.25) is 5.71 Å². The van der Waals surface area contributed by atoms with Gasteiger partial charge >= 0.3 is 11.9 Å². The van der Waals surface area contributed by atoms with Crippen molar-refractivity contribution in [3.63, 3.8) is 0 Å². The maximum atomic E-state index is 12.4. The summed E-state index contributed by atoms with van der Waals surface area (Å²) in [6.07, 6.45) is 1.59. The Labute approximate surface area is 175 Å². The second-order valence-corrected chi connectivity index (χ2v) is 7.89. The lowest BCUT2D eigenvalue weighted by Gasteiger charge is -2.07. The van der Waals surface area contributed by atoms with Gasteiger partial charge < -0.3 is 19.6 Å². The average Bonchev–Trinajstić information content (AvgIpc) is 3.02. The van der Waals surface area contributed by atoms with E-state index in [9.17, 15) is 13.8 Å². The topological polar surface area (TPSA) is 135 Å². The zero-order chi connectivity index (χ0) is 21.8. The first-order chi connectivity index (χ1) is 14.3. The molecular formula is C20H21N3O6S. The summed E-state index contributed by atoms with van der Waals surface area (Å²) in [4.78, 5) is 32.8. The molecule has 1 atom stereocenters. The molecule has 2 N–H and O–H groups in total. The van der Waals surface area contributed by atoms with Gasteiger partial charge in [-0.25, -0.2) is 14.6 Å². The molecule has 158 valence electrons. The molecule has 0 saturated heterocycles. The lowest BCUT2D eigenvalue weighted by Crippen LogP contribution is -2.10. The van der Waals surface area contributed by atoms with Crippen molar-refractivity contribution < 1.29 is 27.7 Å². The minimum absolute atomic E-state index is 0.0263. The minimum atomic E-state index is -1.02. The first-order valence-electron chi connectivity index (χ1n) is 9.08. The van der Waals surface area contributed by atoms with Crippen LogP contribution in [0.4, 0.5) is 5.82 Å². The van der Waals surface area contributed by atoms with Crippen LogP contribution in [-0.2, 0) is 32.6 Å². The summed E-state index contributed by atoms with van der Waals surface area (Å²) in [5.41, 5.74) is 7.38. The van der Waals surface area contributed by atoms with E-state index in [1.54, 1.807) is 44.4 Å². The highest BCUT2D eigenvalue weighted by atomic mass is 32.2. The van der Waals surface area contributed by atoms with Crippen LogP contribution in [0.15, 0.2) is 28.7 Å². The van der Waals surface area contributed by atoms with Gasteiger partial charge in [0.15, 0.2) is 12.4 Å². The number of hydrogen-bond donors (Lipinski definition) is 1. The number of rotatable bonds is 7. The van der Waals surface area contributed by atoms with Crippen LogP contribution < -0.4 is 5.73 Å². The van der Waals surface area contributed by atoms with Crippen molar-refractivity contribution in [3.8, 4) is 0 Å². The molecule has 3 aromatic rings. The fourth-order valence-corrected chi connectivity index (χ4v) is 3.58. The molecule has 0 saturated carbocycles. The molecule has 0 aliphatic heterocycles. The van der Waals surface area contributed by atoms with E-state index in [1.807, 2.05) is 0 Å². The van der Waals surface area contributed by atoms with Crippen molar-refractivity contribution in [2.45, 2.75) is 26.2 Å². The zero-order valence-electron chi connectivity index (χ0n) is 16.8. The minimum Gasteiger partial charge on any atom is -0.462 e. The molecule has 0 amide bonds. The SMILES string of the molecule is CCOC(=O)c1c(C)oc2nc(COC(=O)c3cccc(CS(C)=O)c3)nc(N)c12. The highest BCUT2D eigenvalue weighted by Gasteiger charge is 2.24. The molecule has 1 aromatic carbocycles. The van der Waals surface area contributed by atoms with Crippen LogP contribution in [0.25, 0.3) is 11.1 Å². The monoisotopic (exact) mass is 431 g/mol. The Bertz CT molecular complexity index is 1140. The largest absolute Gasteiger partial charge is 0.462 e. The summed E-state index contributed by atoms with van der Waals surface area (Å²) in [6.45, 7) is 3.26. The predicted octanol–water partition coefficient (Wildman–Crippen LogP) is 2.53. The first kappa shape index (κ1) is 21.4. The molecule has 2 heterocycles. The van der Waals surface area contributed by atoms with Crippen LogP contribution in [0, 0.1) is 6.92 Å². The lowest BCUT2D eigenvalue weighted by molar-refractivity contribution is 0.0461. The summed E-state index contributed by atoms with van der Waals surface area (Å²) in [7, 11) is -1.02. The van der Waals surface area contributed by atoms with Crippen LogP contribution in [-0.4, -0.2) is 39.0 Å². The Balaban J connectivity index is 1.79. The number of benzene rings is 1. The molecule has 0 aliphatic rings. The molecule has 1 unspecified atom stereocenters. The number of nitrogens with zero attached hydrogens (tertiary/aromatic N) is 2. The number of aryl methyl sites for hydroxylation is 1. The van der Waals surface area contributed by atoms with Crippen LogP contribution in [0.5, 0.6) is 0 Å². The van der Waals surface area contributed by atoms with Gasteiger partial charge in [-0.15, -0.1) is 0 Å². The molecule has 0 radical (unpaired) electrons. The highest BCUT2D eigenvalue weighted by Crippen LogP contribution is 2.29. The Morgan fingerprint density at radius 1 is 1.20 bits per heavy atom. The van der Waals surface area contributed by atoms with E-state index in [2.05, 4.69) is 9.97 Å². The molecule has 9 nitrogen and oxygen atoms in total. The molecule has 0 fully saturated rings. The summed E-state index contributed by atoms with van der Waals surface area (Å²) < 4.78 is 27.2. The number of nitrogen functional groups attached to an aromatic ring is 1. The van der Waals surface area contributed by atoms with Gasteiger partial charge in [-0.05, 0) is 31.5 Å². The van der Waals surface area contributed by atoms with Crippen molar-refractivity contribution in [3.05, 3.63) is 52.5 Å². The number of fused-ring (bicyclic) bond motifs is 1. The Morgan fingerprint density at radius 3 is 2.67 bits per heavy atom. The third-order valence-corrected chi connectivity index (χ3v) is 4.89. The van der Waals surface area contributed by atoms with Crippen molar-refractivity contribution in [1.29, 1.82) is 0 Å². The molecule has 0 aliphatic carbocycles. The van der Waals surface area contributed by atoms with Gasteiger partial charge in [0.1, 0.15) is 17.1 Å². The van der Waals surface area contributed by atoms with E-state index >= 15 is 0 Å². The van der Waals surface area contributed by atoms with Crippen molar-refractivity contribution in [2.75, 3.05) is 18.6 Å². The van der Waals surface area contributed by atoms with E-state index in [0.717, 1.165) is 5.56 Å². The van der Waals surface area contributed by atoms with Gasteiger partial charge in [-0.3, -0.25) is 4.21 Å². The summed E-state index contributed by atoms with van der Waals surface area (Å²) in [6, 6.07) is 6.71. The van der Waals surface area contributed by atoms with E-state index in [4.69, 9.17) is 19.6 Å². The van der Waals surface area contributed by atoms with Gasteiger partial charge in [0, 0.05) is 22.8 Å². The lowest BCUT2D eigenvalue weighted by atomic mass is 10.1. The number of carbonyl (C=O) groups excluding carboxylic acids is 2. The predicted molar refractivity (Wildman–Crippen MR) is 110 cm³/mol. The highest BCUT2D eigenvalue weighted by molar-refractivity contribution is 7.83. The second-order valence-electron chi connectivity index (χ2n) is 6.45. The number of ether oxygens (including phenoxy) is 2. The van der Waals surface area contributed by atoms with Gasteiger partial charge in [-0.2, -0.15) is 4.98 Å². The van der Waals surface area contributed by atoms with Crippen LogP contribution in [0.3, 0.4) is 0 Å². The smallest absolute Gasteiger partial charge is 0.342 e. The maximum Gasteiger partial charge on any atom is 0.342 e. The van der Waals surface area contributed by atoms with Crippen LogP contribution in [0.2, 0.25) is 0 Å². The van der Waals surface area contributed by atoms with Gasteiger partial charge in [0.25, 0.3) is 0 Å². The van der Waals surface area contributed by atoms with E-state index in [1.165, 1.54) is 0 Å². The number of carbonyl (C=O) groups is 2. The Hall–Kier alpha value is -3.27. The number of esters is 2. The average molecular weight is 431 g/mol. The molecule has 3 rings (SSSR count). The van der Waals surface area contributed by atoms with Gasteiger partial charge in [-0.1, -0.05) is 12.1 Å². The van der Waals surface area contributed by atoms with Crippen molar-refractivity contribution in [2.24, 2.45) is 0 Å². The normalized spacial score (nSPS) is 12.0. The summed E-state index contributed by atoms with van der Waals surface area (Å²) >= 11 is 0. The van der Waals surface area contributed by atoms with Gasteiger partial charge in [0.05, 0.1) is 17.6 Å². The standard InChI is InChI=1S/C20H21N3O6S/c1-4-27-20(25)15-11(2)29-18-16(15)17(21)22-14(23-18)9-28-19(24)13-7-5-6-12(8-13)10-30(3)26/h5-8H,4,9-10H2,1-3H3,(H2,21,22,23). The molecule has 0 spiro atoms. The molecule has 0 bridgehead atoms. The third-order valence-electron chi connectivity index (χ3n) is 4.15. The van der Waals surface area contributed by atoms with Crippen LogP contribution >= 0.6 is 0 Å². The molecule has 2 aromatic heterocycles. The van der Waals surface area contributed by atoms with E-state index < -0.39 is 22.7 Å². The summed E-state index contributed by atoms with van der Waals surface area (Å²) in [5.74, 6) is -0.344. The van der Waals surface area contributed by atoms with E-state index in [-0.39, 0.29) is 41.5 Å². The number of aromatic nitrogens is 2. The fraction of sp³-hybridized carbons (Fsp3) is 0.300. The maximum absolute atomic E-state index is 12.4.